The van der Waals surface area contributed by atoms with Gasteiger partial charge in [0.2, 0.25) is 5.95 Å². The summed E-state index contributed by atoms with van der Waals surface area (Å²) in [7, 11) is -11.6. The number of aliphatic hydroxyl groups is 5. The minimum absolute atomic E-state index is 0.120. The molecule has 0 amide bonds. The van der Waals surface area contributed by atoms with Gasteiger partial charge in [0, 0.05) is 0 Å². The van der Waals surface area contributed by atoms with Gasteiger partial charge >= 0.3 is 0 Å². The number of nitrogens with two attached hydrogens (primary N) is 1. The second-order valence-corrected chi connectivity index (χ2v) is 11.3. The van der Waals surface area contributed by atoms with Crippen LogP contribution in [0.2, 0.25) is 0 Å². The number of phosphoric acid groups is 2. The molecule has 0 saturated carbocycles. The molecule has 4 rings (SSSR count). The minimum Gasteiger partial charge on any atom is -0.756 e. The Morgan fingerprint density at radius 2 is 1.76 bits per heavy atom. The van der Waals surface area contributed by atoms with Crippen molar-refractivity contribution in [2.24, 2.45) is 0 Å². The lowest BCUT2D eigenvalue weighted by Crippen LogP contribution is -2.57. The Hall–Kier alpha value is -1.87. The lowest BCUT2D eigenvalue weighted by Gasteiger charge is -2.41. The summed E-state index contributed by atoms with van der Waals surface area (Å²) in [5.41, 5.74) is 4.52. The SMILES string of the molecule is CC1O[C@H](OP(=O)([O-])OP(=O)([O-])OC[C@H]2O[C@@H](n3cnc4c(=O)[nH]c(N)nc43)[C@@H](O)C2O)C(O)[C@@H](O)[C@@H]1O. The number of imidazole rings is 1. The van der Waals surface area contributed by atoms with Gasteiger partial charge in [-0.2, -0.15) is 4.98 Å². The molecule has 0 bridgehead atoms. The van der Waals surface area contributed by atoms with Gasteiger partial charge in [-0.05, 0) is 6.92 Å². The van der Waals surface area contributed by atoms with Crippen molar-refractivity contribution in [3.63, 3.8) is 0 Å². The van der Waals surface area contributed by atoms with E-state index in [-0.39, 0.29) is 17.1 Å². The molecule has 2 aliphatic heterocycles. The highest BCUT2D eigenvalue weighted by Crippen LogP contribution is 2.57. The Kier molecular flexibility index (Phi) is 8.12. The van der Waals surface area contributed by atoms with Gasteiger partial charge in [0.25, 0.3) is 21.2 Å². The Bertz CT molecular complexity index is 1320. The third-order valence-corrected chi connectivity index (χ3v) is 8.23. The van der Waals surface area contributed by atoms with E-state index in [1.165, 1.54) is 6.92 Å². The Balaban J connectivity index is 1.39. The van der Waals surface area contributed by atoms with Crippen LogP contribution >= 0.6 is 15.6 Å². The lowest BCUT2D eigenvalue weighted by molar-refractivity contribution is -0.299. The fourth-order valence-corrected chi connectivity index (χ4v) is 5.86. The number of nitrogens with one attached hydrogen (secondary N) is 1. The Morgan fingerprint density at radius 3 is 2.45 bits per heavy atom. The average molecular weight is 587 g/mol. The van der Waals surface area contributed by atoms with Crippen LogP contribution < -0.4 is 21.1 Å². The summed E-state index contributed by atoms with van der Waals surface area (Å²) in [6.45, 7) is 0.168. The van der Waals surface area contributed by atoms with E-state index in [0.717, 1.165) is 10.9 Å². The van der Waals surface area contributed by atoms with Gasteiger partial charge < -0.3 is 55.1 Å². The molecule has 11 atom stereocenters. The predicted octanol–water partition coefficient (Wildman–Crippen LogP) is -4.86. The molecule has 4 heterocycles. The highest BCUT2D eigenvalue weighted by molar-refractivity contribution is 7.59. The molecule has 0 aromatic carbocycles. The van der Waals surface area contributed by atoms with E-state index in [1.54, 1.807) is 0 Å². The molecule has 38 heavy (non-hydrogen) atoms. The molecule has 2 aliphatic rings. The van der Waals surface area contributed by atoms with Crippen LogP contribution in [0.1, 0.15) is 13.2 Å². The summed E-state index contributed by atoms with van der Waals surface area (Å²) in [6.07, 6.45) is -14.3. The van der Waals surface area contributed by atoms with Crippen molar-refractivity contribution in [3.05, 3.63) is 16.7 Å². The number of phosphoric ester groups is 2. The van der Waals surface area contributed by atoms with E-state index in [2.05, 4.69) is 28.3 Å². The summed E-state index contributed by atoms with van der Waals surface area (Å²) in [4.78, 5) is 46.1. The van der Waals surface area contributed by atoms with Gasteiger partial charge in [0.05, 0.1) is 19.0 Å². The number of aliphatic hydroxyl groups excluding tert-OH is 5. The summed E-state index contributed by atoms with van der Waals surface area (Å²) >= 11 is 0. The number of aromatic amines is 1. The van der Waals surface area contributed by atoms with Crippen LogP contribution in [0.15, 0.2) is 11.1 Å². The van der Waals surface area contributed by atoms with E-state index in [0.29, 0.717) is 0 Å². The number of aromatic nitrogens is 4. The maximum atomic E-state index is 12.1. The lowest BCUT2D eigenvalue weighted by atomic mass is 10.0. The Morgan fingerprint density at radius 1 is 1.08 bits per heavy atom. The second kappa shape index (κ2) is 10.6. The molecule has 2 aromatic heterocycles. The molecule has 8 N–H and O–H groups in total. The number of hydrogen-bond acceptors (Lipinski definition) is 18. The molecule has 0 radical (unpaired) electrons. The van der Waals surface area contributed by atoms with Gasteiger partial charge in [-0.25, -0.2) is 9.29 Å². The molecule has 0 aliphatic carbocycles. The molecule has 214 valence electrons. The van der Waals surface area contributed by atoms with Gasteiger partial charge in [-0.3, -0.25) is 28.0 Å². The zero-order valence-corrected chi connectivity index (χ0v) is 20.9. The van der Waals surface area contributed by atoms with E-state index >= 15 is 0 Å². The standard InChI is InChI=1S/C16H25N5O15P2/c1-4-7(22)9(24)11(26)15(33-4)35-38(30,31)36-37(28,29)32-2-5-8(23)10(25)14(34-5)21-3-18-6-12(21)19-16(17)20-13(6)27/h3-5,7-11,14-15,22-26H,2H2,1H3,(H,28,29)(H,30,31)(H3,17,19,20,27)/p-2/t4?,5-,7-,8?,9+,10+,11?,14-,15-/m1/s1. The van der Waals surface area contributed by atoms with Crippen LogP contribution in [0.3, 0.4) is 0 Å². The van der Waals surface area contributed by atoms with Crippen LogP contribution in [0.5, 0.6) is 0 Å². The maximum Gasteiger partial charge on any atom is 0.280 e. The van der Waals surface area contributed by atoms with Crippen LogP contribution in [0, 0.1) is 0 Å². The van der Waals surface area contributed by atoms with Crippen molar-refractivity contribution >= 4 is 32.8 Å². The minimum atomic E-state index is -5.82. The number of H-pyrrole nitrogens is 1. The average Bonchev–Trinajstić information content (AvgIpc) is 3.35. The number of nitrogen functional groups attached to an aromatic ring is 1. The first kappa shape index (κ1) is 29.1. The van der Waals surface area contributed by atoms with Crippen LogP contribution in [-0.2, 0) is 32.0 Å². The fraction of sp³-hybridized carbons (Fsp3) is 0.688. The highest BCUT2D eigenvalue weighted by atomic mass is 31.3. The molecular formula is C16H23N5O15P2-2. The molecular weight excluding hydrogens is 564 g/mol. The van der Waals surface area contributed by atoms with Gasteiger partial charge in [0.15, 0.2) is 23.7 Å². The van der Waals surface area contributed by atoms with E-state index < -0.39 is 83.1 Å². The third kappa shape index (κ3) is 5.83. The summed E-state index contributed by atoms with van der Waals surface area (Å²) < 4.78 is 48.3. The summed E-state index contributed by atoms with van der Waals surface area (Å²) in [6, 6.07) is 0. The first-order chi connectivity index (χ1) is 17.6. The van der Waals surface area contributed by atoms with Gasteiger partial charge in [-0.15, -0.1) is 0 Å². The topological polar surface area (TPSA) is 317 Å². The molecule has 22 heteroatoms. The van der Waals surface area contributed by atoms with Crippen molar-refractivity contribution in [3.8, 4) is 0 Å². The second-order valence-electron chi connectivity index (χ2n) is 8.38. The summed E-state index contributed by atoms with van der Waals surface area (Å²) in [5.74, 6) is -0.280. The van der Waals surface area contributed by atoms with Crippen molar-refractivity contribution in [2.75, 3.05) is 12.3 Å². The molecule has 0 spiro atoms. The van der Waals surface area contributed by atoms with Crippen LogP contribution in [-0.4, -0.2) is 101 Å². The van der Waals surface area contributed by atoms with Crippen molar-refractivity contribution in [2.45, 2.75) is 62.2 Å². The molecule has 2 fully saturated rings. The zero-order valence-electron chi connectivity index (χ0n) is 19.1. The van der Waals surface area contributed by atoms with E-state index in [4.69, 9.17) is 15.2 Å². The number of anilines is 1. The normalized spacial score (nSPS) is 37.2. The zero-order chi connectivity index (χ0) is 28.2. The molecule has 20 nitrogen and oxygen atoms in total. The predicted molar refractivity (Wildman–Crippen MR) is 114 cm³/mol. The van der Waals surface area contributed by atoms with E-state index in [1.807, 2.05) is 0 Å². The van der Waals surface area contributed by atoms with Gasteiger partial charge in [-0.1, -0.05) is 0 Å². The number of fused-ring (bicyclic) bond motifs is 1. The number of rotatable bonds is 8. The first-order valence-electron chi connectivity index (χ1n) is 10.7. The monoisotopic (exact) mass is 587 g/mol. The largest absolute Gasteiger partial charge is 0.756 e. The molecule has 2 aromatic rings. The Labute approximate surface area is 211 Å². The van der Waals surface area contributed by atoms with Crippen molar-refractivity contribution < 1.29 is 67.3 Å². The number of ether oxygens (including phenoxy) is 2. The maximum absolute atomic E-state index is 12.1. The van der Waals surface area contributed by atoms with Crippen molar-refractivity contribution in [1.29, 1.82) is 0 Å². The smallest absolute Gasteiger partial charge is 0.280 e. The van der Waals surface area contributed by atoms with Crippen LogP contribution in [0.4, 0.5) is 5.95 Å². The highest BCUT2D eigenvalue weighted by Gasteiger charge is 2.46. The third-order valence-electron chi connectivity index (χ3n) is 5.70. The first-order valence-corrected chi connectivity index (χ1v) is 13.6. The number of hydrogen-bond donors (Lipinski definition) is 7. The number of nitrogens with zero attached hydrogens (tertiary/aromatic N) is 3. The quantitative estimate of drug-likeness (QED) is 0.142. The fourth-order valence-electron chi connectivity index (χ4n) is 3.78. The van der Waals surface area contributed by atoms with E-state index in [9.17, 15) is 49.2 Å². The molecule has 2 saturated heterocycles. The van der Waals surface area contributed by atoms with Crippen LogP contribution in [0.25, 0.3) is 11.2 Å². The summed E-state index contributed by atoms with van der Waals surface area (Å²) in [5, 5.41) is 49.9. The van der Waals surface area contributed by atoms with Crippen molar-refractivity contribution in [1.82, 2.24) is 19.5 Å². The van der Waals surface area contributed by atoms with Gasteiger partial charge in [0.1, 0.15) is 36.6 Å². The molecule has 5 unspecified atom stereocenters.